The lowest BCUT2D eigenvalue weighted by molar-refractivity contribution is 0.299. The van der Waals surface area contributed by atoms with Crippen LogP contribution in [0.1, 0.15) is 109 Å². The summed E-state index contributed by atoms with van der Waals surface area (Å²) in [6.07, 6.45) is 22.0. The fraction of sp³-hybridized carbons (Fsp3) is 0.760. The van der Waals surface area contributed by atoms with Crippen molar-refractivity contribution >= 4 is 0 Å². The average Bonchev–Trinajstić information content (AvgIpc) is 3.18. The van der Waals surface area contributed by atoms with Gasteiger partial charge in [0.25, 0.3) is 0 Å². The van der Waals surface area contributed by atoms with E-state index in [4.69, 9.17) is 4.74 Å². The molecule has 1 aliphatic carbocycles. The van der Waals surface area contributed by atoms with Gasteiger partial charge in [-0.3, -0.25) is 0 Å². The topological polar surface area (TPSA) is 9.23 Å². The molecule has 0 unspecified atom stereocenters. The van der Waals surface area contributed by atoms with Crippen LogP contribution in [0.2, 0.25) is 0 Å². The summed E-state index contributed by atoms with van der Waals surface area (Å²) in [4.78, 5) is 0. The molecule has 0 aliphatic heterocycles. The van der Waals surface area contributed by atoms with Crippen LogP contribution in [0.5, 0.6) is 5.75 Å². The smallest absolute Gasteiger partial charge is 0.123 e. The second-order valence-corrected chi connectivity index (χ2v) is 8.25. The van der Waals surface area contributed by atoms with E-state index in [9.17, 15) is 0 Å². The number of unbranched alkanes of at least 4 members (excludes halogenated alkanes) is 8. The zero-order valence-corrected chi connectivity index (χ0v) is 17.2. The summed E-state index contributed by atoms with van der Waals surface area (Å²) in [6, 6.07) is 9.46. The molecule has 0 amide bonds. The highest BCUT2D eigenvalue weighted by Crippen LogP contribution is 2.29. The van der Waals surface area contributed by atoms with Crippen molar-refractivity contribution in [3.63, 3.8) is 0 Å². The van der Waals surface area contributed by atoms with Gasteiger partial charge in [0.1, 0.15) is 5.75 Å². The van der Waals surface area contributed by atoms with E-state index in [-0.39, 0.29) is 0 Å². The quantitative estimate of drug-likeness (QED) is 0.290. The van der Waals surface area contributed by atoms with Gasteiger partial charge in [0.15, 0.2) is 0 Å². The molecule has 1 nitrogen and oxygen atoms in total. The summed E-state index contributed by atoms with van der Waals surface area (Å²) < 4.78 is 6.09. The van der Waals surface area contributed by atoms with Crippen molar-refractivity contribution < 1.29 is 4.74 Å². The fourth-order valence-corrected chi connectivity index (χ4v) is 4.25. The molecule has 0 bridgehead atoms. The highest BCUT2D eigenvalue weighted by Gasteiger charge is 2.13. The largest absolute Gasteiger partial charge is 0.493 e. The standard InChI is InChI=1S/C25H41O/c1-2-3-4-5-6-7-10-19-24-20-13-14-21-25(24)26-22-15-8-9-16-23-17-11-12-18-23/h13,20-21,23H,2-12,15-19,22H2,1H3. The molecule has 1 aromatic rings. The molecule has 1 saturated carbocycles. The van der Waals surface area contributed by atoms with Gasteiger partial charge < -0.3 is 4.74 Å². The van der Waals surface area contributed by atoms with Crippen molar-refractivity contribution in [3.8, 4) is 5.75 Å². The van der Waals surface area contributed by atoms with Crippen molar-refractivity contribution in [1.29, 1.82) is 0 Å². The zero-order chi connectivity index (χ0) is 18.3. The summed E-state index contributed by atoms with van der Waals surface area (Å²) >= 11 is 0. The minimum Gasteiger partial charge on any atom is -0.493 e. The van der Waals surface area contributed by atoms with Crippen LogP contribution in [0.4, 0.5) is 0 Å². The van der Waals surface area contributed by atoms with E-state index < -0.39 is 0 Å². The molecule has 2 rings (SSSR count). The molecule has 1 radical (unpaired) electrons. The second-order valence-electron chi connectivity index (χ2n) is 8.25. The SMILES string of the molecule is CCCCCCCCCc1cc[c]cc1OCCCCCC1CCCC1. The van der Waals surface area contributed by atoms with Gasteiger partial charge in [0.2, 0.25) is 0 Å². The summed E-state index contributed by atoms with van der Waals surface area (Å²) in [7, 11) is 0. The summed E-state index contributed by atoms with van der Waals surface area (Å²) in [5, 5.41) is 0. The van der Waals surface area contributed by atoms with E-state index >= 15 is 0 Å². The molecule has 1 aliphatic rings. The fourth-order valence-electron chi connectivity index (χ4n) is 4.25. The van der Waals surface area contributed by atoms with Crippen LogP contribution in [0.3, 0.4) is 0 Å². The maximum atomic E-state index is 6.09. The van der Waals surface area contributed by atoms with E-state index in [1.165, 1.54) is 102 Å². The van der Waals surface area contributed by atoms with E-state index in [0.717, 1.165) is 24.7 Å². The molecular weight excluding hydrogens is 316 g/mol. The predicted octanol–water partition coefficient (Wildman–Crippen LogP) is 7.91. The van der Waals surface area contributed by atoms with Gasteiger partial charge in [-0.2, -0.15) is 0 Å². The molecule has 147 valence electrons. The third-order valence-corrected chi connectivity index (χ3v) is 5.95. The lowest BCUT2D eigenvalue weighted by atomic mass is 10.00. The number of hydrogen-bond donors (Lipinski definition) is 0. The molecule has 1 aromatic carbocycles. The third-order valence-electron chi connectivity index (χ3n) is 5.95. The maximum Gasteiger partial charge on any atom is 0.123 e. The van der Waals surface area contributed by atoms with Crippen molar-refractivity contribution in [2.24, 2.45) is 5.92 Å². The molecule has 0 atom stereocenters. The maximum absolute atomic E-state index is 6.09. The minimum atomic E-state index is 0.868. The Bertz CT molecular complexity index is 447. The second kappa shape index (κ2) is 14.1. The highest BCUT2D eigenvalue weighted by molar-refractivity contribution is 5.32. The summed E-state index contributed by atoms with van der Waals surface area (Å²) in [5.74, 6) is 2.11. The molecule has 26 heavy (non-hydrogen) atoms. The first-order valence-corrected chi connectivity index (χ1v) is 11.5. The van der Waals surface area contributed by atoms with Crippen LogP contribution in [0.15, 0.2) is 18.2 Å². The van der Waals surface area contributed by atoms with Crippen LogP contribution < -0.4 is 4.74 Å². The summed E-state index contributed by atoms with van der Waals surface area (Å²) in [5.41, 5.74) is 1.38. The van der Waals surface area contributed by atoms with Crippen molar-refractivity contribution in [1.82, 2.24) is 0 Å². The van der Waals surface area contributed by atoms with E-state index in [0.29, 0.717) is 0 Å². The van der Waals surface area contributed by atoms with Gasteiger partial charge in [-0.15, -0.1) is 0 Å². The van der Waals surface area contributed by atoms with Crippen molar-refractivity contribution in [3.05, 3.63) is 29.8 Å². The Balaban J connectivity index is 1.54. The normalized spacial score (nSPS) is 14.8. The van der Waals surface area contributed by atoms with Gasteiger partial charge in [0.05, 0.1) is 6.61 Å². The summed E-state index contributed by atoms with van der Waals surface area (Å²) in [6.45, 7) is 3.15. The van der Waals surface area contributed by atoms with Gasteiger partial charge in [0, 0.05) is 0 Å². The van der Waals surface area contributed by atoms with Gasteiger partial charge >= 0.3 is 0 Å². The van der Waals surface area contributed by atoms with E-state index in [2.05, 4.69) is 19.1 Å². The van der Waals surface area contributed by atoms with Crippen LogP contribution in [0.25, 0.3) is 0 Å². The Morgan fingerprint density at radius 3 is 2.46 bits per heavy atom. The Morgan fingerprint density at radius 2 is 1.65 bits per heavy atom. The Morgan fingerprint density at radius 1 is 0.923 bits per heavy atom. The van der Waals surface area contributed by atoms with Crippen molar-refractivity contribution in [2.45, 2.75) is 110 Å². The molecule has 1 fully saturated rings. The molecule has 0 saturated heterocycles. The first-order chi connectivity index (χ1) is 12.9. The lowest BCUT2D eigenvalue weighted by Crippen LogP contribution is -2.01. The Labute approximate surface area is 162 Å². The molecule has 0 spiro atoms. The minimum absolute atomic E-state index is 0.868. The number of hydrogen-bond acceptors (Lipinski definition) is 1. The van der Waals surface area contributed by atoms with Crippen LogP contribution in [-0.2, 0) is 6.42 Å². The van der Waals surface area contributed by atoms with Crippen LogP contribution >= 0.6 is 0 Å². The van der Waals surface area contributed by atoms with Crippen LogP contribution in [0, 0.1) is 12.0 Å². The monoisotopic (exact) mass is 357 g/mol. The third kappa shape index (κ3) is 9.10. The van der Waals surface area contributed by atoms with Gasteiger partial charge in [-0.1, -0.05) is 103 Å². The predicted molar refractivity (Wildman–Crippen MR) is 113 cm³/mol. The van der Waals surface area contributed by atoms with E-state index in [1.54, 1.807) is 0 Å². The Kier molecular flexibility index (Phi) is 11.6. The zero-order valence-electron chi connectivity index (χ0n) is 17.2. The number of rotatable bonds is 15. The van der Waals surface area contributed by atoms with Crippen molar-refractivity contribution in [2.75, 3.05) is 6.61 Å². The molecule has 1 heteroatoms. The molecule has 0 heterocycles. The number of benzene rings is 1. The molecule has 0 aromatic heterocycles. The first-order valence-electron chi connectivity index (χ1n) is 11.5. The molecular formula is C25H41O. The average molecular weight is 358 g/mol. The number of aryl methyl sites for hydroxylation is 1. The van der Waals surface area contributed by atoms with Gasteiger partial charge in [-0.25, -0.2) is 0 Å². The first kappa shape index (κ1) is 21.3. The van der Waals surface area contributed by atoms with E-state index in [1.807, 2.05) is 12.1 Å². The molecule has 0 N–H and O–H groups in total. The Hall–Kier alpha value is -0.980. The number of ether oxygens (including phenoxy) is 1. The van der Waals surface area contributed by atoms with Crippen LogP contribution in [-0.4, -0.2) is 6.61 Å². The lowest BCUT2D eigenvalue weighted by Gasteiger charge is -2.12. The van der Waals surface area contributed by atoms with Gasteiger partial charge in [-0.05, 0) is 42.9 Å². The highest BCUT2D eigenvalue weighted by atomic mass is 16.5.